The van der Waals surface area contributed by atoms with Gasteiger partial charge in [-0.05, 0) is 30.2 Å². The molecule has 170 valence electrons. The van der Waals surface area contributed by atoms with Crippen LogP contribution in [-0.4, -0.2) is 53.1 Å². The maximum absolute atomic E-state index is 14.1. The van der Waals surface area contributed by atoms with E-state index in [9.17, 15) is 4.39 Å². The van der Waals surface area contributed by atoms with Crippen molar-refractivity contribution in [1.29, 1.82) is 0 Å². The number of nitrogens with one attached hydrogen (secondary N) is 1. The zero-order valence-corrected chi connectivity index (χ0v) is 20.7. The minimum absolute atomic E-state index is 0. The Kier molecular flexibility index (Phi) is 8.90. The lowest BCUT2D eigenvalue weighted by Gasteiger charge is -2.37. The third-order valence-electron chi connectivity index (χ3n) is 5.43. The molecule has 6 nitrogen and oxygen atoms in total. The number of guanidine groups is 1. The Labute approximate surface area is 206 Å². The highest BCUT2D eigenvalue weighted by Gasteiger charge is 2.21. The number of hydrogen-bond donors (Lipinski definition) is 1. The number of nitrogens with zero attached hydrogens (tertiary/aromatic N) is 5. The van der Waals surface area contributed by atoms with E-state index in [0.717, 1.165) is 45.2 Å². The maximum Gasteiger partial charge on any atom is 0.194 e. The van der Waals surface area contributed by atoms with Crippen LogP contribution < -0.4 is 10.2 Å². The molecule has 2 heterocycles. The quantitative estimate of drug-likeness (QED) is 0.288. The van der Waals surface area contributed by atoms with Crippen LogP contribution in [0.1, 0.15) is 18.1 Å². The molecule has 4 rings (SSSR count). The SMILES string of the molecule is CCNC(=NCc1cccc(Cn2ccnc2)c1)N1CCN(c2ccccc2F)CC1.I. The van der Waals surface area contributed by atoms with Gasteiger partial charge in [-0.1, -0.05) is 36.4 Å². The van der Waals surface area contributed by atoms with Crippen LogP contribution in [-0.2, 0) is 13.1 Å². The predicted molar refractivity (Wildman–Crippen MR) is 138 cm³/mol. The summed E-state index contributed by atoms with van der Waals surface area (Å²) in [5.74, 6) is 0.753. The van der Waals surface area contributed by atoms with Crippen molar-refractivity contribution in [3.8, 4) is 0 Å². The lowest BCUT2D eigenvalue weighted by atomic mass is 10.1. The van der Waals surface area contributed by atoms with Crippen molar-refractivity contribution >= 4 is 35.6 Å². The van der Waals surface area contributed by atoms with Crippen molar-refractivity contribution in [2.45, 2.75) is 20.0 Å². The molecule has 0 aliphatic carbocycles. The van der Waals surface area contributed by atoms with Crippen molar-refractivity contribution in [1.82, 2.24) is 19.8 Å². The Hall–Kier alpha value is -2.62. The summed E-state index contributed by atoms with van der Waals surface area (Å²) >= 11 is 0. The summed E-state index contributed by atoms with van der Waals surface area (Å²) in [4.78, 5) is 13.4. The molecular weight excluding hydrogens is 518 g/mol. The van der Waals surface area contributed by atoms with E-state index >= 15 is 0 Å². The van der Waals surface area contributed by atoms with Gasteiger partial charge in [-0.2, -0.15) is 0 Å². The Bertz CT molecular complexity index is 999. The van der Waals surface area contributed by atoms with Gasteiger partial charge in [-0.25, -0.2) is 14.4 Å². The van der Waals surface area contributed by atoms with Gasteiger partial charge in [0.2, 0.25) is 0 Å². The minimum Gasteiger partial charge on any atom is -0.366 e. The van der Waals surface area contributed by atoms with Gasteiger partial charge in [0.1, 0.15) is 5.82 Å². The van der Waals surface area contributed by atoms with E-state index < -0.39 is 0 Å². The minimum atomic E-state index is -0.160. The second-order valence-electron chi connectivity index (χ2n) is 7.65. The number of para-hydroxylation sites is 1. The van der Waals surface area contributed by atoms with E-state index in [1.54, 1.807) is 12.3 Å². The second-order valence-corrected chi connectivity index (χ2v) is 7.65. The molecule has 0 unspecified atom stereocenters. The molecule has 1 N–H and O–H groups in total. The van der Waals surface area contributed by atoms with Crippen molar-refractivity contribution < 1.29 is 4.39 Å². The molecule has 1 saturated heterocycles. The molecule has 8 heteroatoms. The third kappa shape index (κ3) is 6.21. The van der Waals surface area contributed by atoms with Crippen LogP contribution in [0.3, 0.4) is 0 Å². The van der Waals surface area contributed by atoms with E-state index in [2.05, 4.69) is 55.9 Å². The van der Waals surface area contributed by atoms with E-state index in [1.807, 2.05) is 24.7 Å². The first-order chi connectivity index (χ1) is 15.2. The topological polar surface area (TPSA) is 48.7 Å². The Morgan fingerprint density at radius 1 is 1.06 bits per heavy atom. The van der Waals surface area contributed by atoms with Crippen LogP contribution in [0.15, 0.2) is 72.2 Å². The number of halogens is 2. The highest BCUT2D eigenvalue weighted by atomic mass is 127. The number of rotatable bonds is 6. The fourth-order valence-corrected chi connectivity index (χ4v) is 3.88. The van der Waals surface area contributed by atoms with Gasteiger partial charge in [0.05, 0.1) is 18.6 Å². The molecule has 0 bridgehead atoms. The van der Waals surface area contributed by atoms with Crippen molar-refractivity contribution in [2.75, 3.05) is 37.6 Å². The van der Waals surface area contributed by atoms with Crippen LogP contribution in [0.5, 0.6) is 0 Å². The predicted octanol–water partition coefficient (Wildman–Crippen LogP) is 3.98. The molecule has 0 saturated carbocycles. The molecule has 2 aromatic carbocycles. The van der Waals surface area contributed by atoms with E-state index in [-0.39, 0.29) is 29.8 Å². The Morgan fingerprint density at radius 3 is 2.56 bits per heavy atom. The maximum atomic E-state index is 14.1. The highest BCUT2D eigenvalue weighted by Crippen LogP contribution is 2.20. The number of anilines is 1. The molecule has 0 amide bonds. The van der Waals surface area contributed by atoms with Crippen LogP contribution in [0.2, 0.25) is 0 Å². The van der Waals surface area contributed by atoms with Gasteiger partial charge in [0, 0.05) is 51.7 Å². The summed E-state index contributed by atoms with van der Waals surface area (Å²) in [6.45, 7) is 7.46. The molecule has 0 spiro atoms. The Morgan fingerprint density at radius 2 is 1.84 bits per heavy atom. The lowest BCUT2D eigenvalue weighted by Crippen LogP contribution is -2.52. The Balaban J connectivity index is 0.00000289. The molecule has 32 heavy (non-hydrogen) atoms. The monoisotopic (exact) mass is 548 g/mol. The average Bonchev–Trinajstić information content (AvgIpc) is 3.30. The standard InChI is InChI=1S/C24H29FN6.HI/c1-2-27-24(31-14-12-30(13-15-31)23-9-4-3-8-22(23)25)28-17-20-6-5-7-21(16-20)18-29-11-10-26-19-29;/h3-11,16,19H,2,12-15,17-18H2,1H3,(H,27,28);1H. The summed E-state index contributed by atoms with van der Waals surface area (Å²) in [7, 11) is 0. The highest BCUT2D eigenvalue weighted by molar-refractivity contribution is 14.0. The third-order valence-corrected chi connectivity index (χ3v) is 5.43. The number of benzene rings is 2. The van der Waals surface area contributed by atoms with E-state index in [4.69, 9.17) is 4.99 Å². The number of aromatic nitrogens is 2. The zero-order chi connectivity index (χ0) is 21.5. The first-order valence-corrected chi connectivity index (χ1v) is 10.8. The average molecular weight is 548 g/mol. The number of hydrogen-bond acceptors (Lipinski definition) is 3. The van der Waals surface area contributed by atoms with Gasteiger partial charge in [0.15, 0.2) is 5.96 Å². The summed E-state index contributed by atoms with van der Waals surface area (Å²) in [5, 5.41) is 3.41. The van der Waals surface area contributed by atoms with Gasteiger partial charge in [-0.3, -0.25) is 0 Å². The van der Waals surface area contributed by atoms with Gasteiger partial charge >= 0.3 is 0 Å². The van der Waals surface area contributed by atoms with Crippen molar-refractivity contribution in [3.05, 3.63) is 84.2 Å². The molecule has 0 radical (unpaired) electrons. The van der Waals surface area contributed by atoms with Gasteiger partial charge in [0.25, 0.3) is 0 Å². The molecular formula is C24H30FIN6. The fourth-order valence-electron chi connectivity index (χ4n) is 3.88. The summed E-state index contributed by atoms with van der Waals surface area (Å²) < 4.78 is 16.2. The van der Waals surface area contributed by atoms with Crippen LogP contribution in [0.4, 0.5) is 10.1 Å². The molecule has 3 aromatic rings. The van der Waals surface area contributed by atoms with Crippen LogP contribution in [0, 0.1) is 5.82 Å². The van der Waals surface area contributed by atoms with Gasteiger partial charge < -0.3 is 19.7 Å². The second kappa shape index (κ2) is 11.8. The molecule has 1 aliphatic rings. The summed E-state index contributed by atoms with van der Waals surface area (Å²) in [5.41, 5.74) is 3.09. The fraction of sp³-hybridized carbons (Fsp3) is 0.333. The largest absolute Gasteiger partial charge is 0.366 e. The number of piperazine rings is 1. The molecule has 1 aliphatic heterocycles. The van der Waals surface area contributed by atoms with E-state index in [0.29, 0.717) is 12.2 Å². The molecule has 1 fully saturated rings. The first kappa shape index (κ1) is 24.0. The zero-order valence-electron chi connectivity index (χ0n) is 18.3. The van der Waals surface area contributed by atoms with E-state index in [1.165, 1.54) is 17.2 Å². The van der Waals surface area contributed by atoms with Crippen LogP contribution in [0.25, 0.3) is 0 Å². The smallest absolute Gasteiger partial charge is 0.194 e. The lowest BCUT2D eigenvalue weighted by molar-refractivity contribution is 0.370. The van der Waals surface area contributed by atoms with Crippen LogP contribution >= 0.6 is 24.0 Å². The number of imidazole rings is 1. The number of aliphatic imine (C=N–C) groups is 1. The van der Waals surface area contributed by atoms with Crippen molar-refractivity contribution in [2.24, 2.45) is 4.99 Å². The molecule has 1 aromatic heterocycles. The molecule has 0 atom stereocenters. The van der Waals surface area contributed by atoms with Crippen molar-refractivity contribution in [3.63, 3.8) is 0 Å². The normalized spacial score (nSPS) is 14.2. The first-order valence-electron chi connectivity index (χ1n) is 10.8. The van der Waals surface area contributed by atoms with Gasteiger partial charge in [-0.15, -0.1) is 24.0 Å². The summed E-state index contributed by atoms with van der Waals surface area (Å²) in [6, 6.07) is 15.5. The summed E-state index contributed by atoms with van der Waals surface area (Å²) in [6.07, 6.45) is 5.59.